The van der Waals surface area contributed by atoms with Crippen LogP contribution in [0.3, 0.4) is 0 Å². The summed E-state index contributed by atoms with van der Waals surface area (Å²) in [7, 11) is 0. The molecule has 3 nitrogen and oxygen atoms in total. The molecule has 1 saturated heterocycles. The van der Waals surface area contributed by atoms with E-state index < -0.39 is 5.82 Å². The summed E-state index contributed by atoms with van der Waals surface area (Å²) in [5.74, 6) is -0.770. The van der Waals surface area contributed by atoms with E-state index in [1.54, 1.807) is 11.0 Å². The number of rotatable bonds is 1. The lowest BCUT2D eigenvalue weighted by Crippen LogP contribution is -2.44. The fourth-order valence-corrected chi connectivity index (χ4v) is 2.17. The molecule has 1 aromatic rings. The Balaban J connectivity index is 2.18. The quantitative estimate of drug-likeness (QED) is 0.797. The Morgan fingerprint density at radius 1 is 1.59 bits per heavy atom. The van der Waals surface area contributed by atoms with Gasteiger partial charge >= 0.3 is 0 Å². The molecule has 1 aliphatic heterocycles. The van der Waals surface area contributed by atoms with E-state index in [0.29, 0.717) is 24.2 Å². The van der Waals surface area contributed by atoms with E-state index >= 15 is 0 Å². The molecule has 1 fully saturated rings. The molecule has 0 unspecified atom stereocenters. The number of halogens is 2. The predicted octanol–water partition coefficient (Wildman–Crippen LogP) is 2.45. The highest BCUT2D eigenvalue weighted by atomic mass is 79.9. The third-order valence-electron chi connectivity index (χ3n) is 2.69. The largest absolute Gasteiger partial charge is 0.375 e. The minimum absolute atomic E-state index is 0.00575. The Kier molecular flexibility index (Phi) is 3.79. The molecule has 0 spiro atoms. The van der Waals surface area contributed by atoms with Crippen LogP contribution < -0.4 is 0 Å². The highest BCUT2D eigenvalue weighted by Crippen LogP contribution is 2.18. The van der Waals surface area contributed by atoms with Crippen molar-refractivity contribution in [2.75, 3.05) is 19.7 Å². The van der Waals surface area contributed by atoms with E-state index in [0.717, 1.165) is 0 Å². The number of nitrogens with zero attached hydrogens (tertiary/aromatic N) is 1. The lowest BCUT2D eigenvalue weighted by Gasteiger charge is -2.31. The molecule has 0 radical (unpaired) electrons. The predicted molar refractivity (Wildman–Crippen MR) is 65.4 cm³/mol. The van der Waals surface area contributed by atoms with Gasteiger partial charge in [0.25, 0.3) is 5.91 Å². The zero-order chi connectivity index (χ0) is 12.4. The molecule has 0 aromatic heterocycles. The van der Waals surface area contributed by atoms with E-state index in [9.17, 15) is 9.18 Å². The van der Waals surface area contributed by atoms with Crippen LogP contribution in [0.25, 0.3) is 0 Å². The summed E-state index contributed by atoms with van der Waals surface area (Å²) in [5, 5.41) is 0. The second-order valence-corrected chi connectivity index (χ2v) is 4.97. The van der Waals surface area contributed by atoms with Crippen molar-refractivity contribution in [1.29, 1.82) is 0 Å². The first-order valence-corrected chi connectivity index (χ1v) is 6.23. The van der Waals surface area contributed by atoms with Gasteiger partial charge in [0.1, 0.15) is 5.82 Å². The van der Waals surface area contributed by atoms with Crippen LogP contribution >= 0.6 is 15.9 Å². The number of benzene rings is 1. The lowest BCUT2D eigenvalue weighted by molar-refractivity contribution is -0.0125. The van der Waals surface area contributed by atoms with Crippen molar-refractivity contribution in [2.45, 2.75) is 13.0 Å². The summed E-state index contributed by atoms with van der Waals surface area (Å²) in [6, 6.07) is 4.47. The molecule has 17 heavy (non-hydrogen) atoms. The first kappa shape index (κ1) is 12.5. The van der Waals surface area contributed by atoms with E-state index in [4.69, 9.17) is 4.74 Å². The van der Waals surface area contributed by atoms with Gasteiger partial charge in [0, 0.05) is 17.6 Å². The van der Waals surface area contributed by atoms with Gasteiger partial charge in [-0.05, 0) is 25.1 Å². The van der Waals surface area contributed by atoms with Gasteiger partial charge < -0.3 is 9.64 Å². The zero-order valence-electron chi connectivity index (χ0n) is 9.45. The Morgan fingerprint density at radius 3 is 3.00 bits per heavy atom. The fourth-order valence-electron chi connectivity index (χ4n) is 1.84. The van der Waals surface area contributed by atoms with Crippen molar-refractivity contribution in [3.05, 3.63) is 34.1 Å². The van der Waals surface area contributed by atoms with Crippen LogP contribution in [0, 0.1) is 5.82 Å². The van der Waals surface area contributed by atoms with Gasteiger partial charge in [-0.1, -0.05) is 15.9 Å². The molecule has 0 bridgehead atoms. The molecule has 1 aromatic carbocycles. The minimum atomic E-state index is -0.497. The van der Waals surface area contributed by atoms with Gasteiger partial charge in [-0.2, -0.15) is 0 Å². The zero-order valence-corrected chi connectivity index (χ0v) is 11.0. The minimum Gasteiger partial charge on any atom is -0.375 e. The molecule has 1 aliphatic rings. The van der Waals surface area contributed by atoms with E-state index in [1.807, 2.05) is 6.92 Å². The Labute approximate surface area is 108 Å². The van der Waals surface area contributed by atoms with Crippen LogP contribution in [0.2, 0.25) is 0 Å². The number of carbonyl (C=O) groups excluding carboxylic acids is 1. The van der Waals surface area contributed by atoms with Crippen molar-refractivity contribution in [1.82, 2.24) is 4.90 Å². The molecule has 92 valence electrons. The number of carbonyl (C=O) groups is 1. The SMILES string of the molecule is C[C@H]1CN(C(=O)c2ccc(Br)cc2F)CCO1. The monoisotopic (exact) mass is 301 g/mol. The van der Waals surface area contributed by atoms with Gasteiger partial charge in [-0.25, -0.2) is 4.39 Å². The topological polar surface area (TPSA) is 29.5 Å². The number of hydrogen-bond donors (Lipinski definition) is 0. The van der Waals surface area contributed by atoms with E-state index in [1.165, 1.54) is 12.1 Å². The molecule has 0 aliphatic carbocycles. The molecular formula is C12H13BrFNO2. The summed E-state index contributed by atoms with van der Waals surface area (Å²) in [4.78, 5) is 13.7. The lowest BCUT2D eigenvalue weighted by atomic mass is 10.1. The maximum absolute atomic E-state index is 13.6. The molecule has 0 saturated carbocycles. The first-order valence-electron chi connectivity index (χ1n) is 5.44. The number of ether oxygens (including phenoxy) is 1. The number of morpholine rings is 1. The molecule has 1 atom stereocenters. The highest BCUT2D eigenvalue weighted by Gasteiger charge is 2.24. The smallest absolute Gasteiger partial charge is 0.256 e. The summed E-state index contributed by atoms with van der Waals surface area (Å²) >= 11 is 3.17. The number of hydrogen-bond acceptors (Lipinski definition) is 2. The highest BCUT2D eigenvalue weighted by molar-refractivity contribution is 9.10. The van der Waals surface area contributed by atoms with Crippen molar-refractivity contribution in [2.24, 2.45) is 0 Å². The van der Waals surface area contributed by atoms with Crippen molar-refractivity contribution in [3.63, 3.8) is 0 Å². The summed E-state index contributed by atoms with van der Waals surface area (Å²) in [6.07, 6.45) is 0.00575. The second-order valence-electron chi connectivity index (χ2n) is 4.06. The van der Waals surface area contributed by atoms with Gasteiger partial charge in [-0.15, -0.1) is 0 Å². The molecule has 1 amide bonds. The van der Waals surface area contributed by atoms with Crippen molar-refractivity contribution >= 4 is 21.8 Å². The van der Waals surface area contributed by atoms with Crippen LogP contribution in [0.15, 0.2) is 22.7 Å². The van der Waals surface area contributed by atoms with Gasteiger partial charge in [0.2, 0.25) is 0 Å². The van der Waals surface area contributed by atoms with Crippen molar-refractivity contribution < 1.29 is 13.9 Å². The molecule has 5 heteroatoms. The van der Waals surface area contributed by atoms with E-state index in [2.05, 4.69) is 15.9 Å². The van der Waals surface area contributed by atoms with Gasteiger partial charge in [0.15, 0.2) is 0 Å². The summed E-state index contributed by atoms with van der Waals surface area (Å²) in [6.45, 7) is 3.43. The summed E-state index contributed by atoms with van der Waals surface area (Å²) in [5.41, 5.74) is 0.113. The Bertz CT molecular complexity index is 439. The van der Waals surface area contributed by atoms with Crippen LogP contribution in [0.1, 0.15) is 17.3 Å². The molecule has 2 rings (SSSR count). The Morgan fingerprint density at radius 2 is 2.35 bits per heavy atom. The molecular weight excluding hydrogens is 289 g/mol. The van der Waals surface area contributed by atoms with Crippen LogP contribution in [-0.4, -0.2) is 36.6 Å². The molecule has 1 heterocycles. The average Bonchev–Trinajstić information content (AvgIpc) is 2.28. The third-order valence-corrected chi connectivity index (χ3v) is 3.18. The van der Waals surface area contributed by atoms with Crippen LogP contribution in [0.5, 0.6) is 0 Å². The Hall–Kier alpha value is -0.940. The number of amides is 1. The van der Waals surface area contributed by atoms with Crippen molar-refractivity contribution in [3.8, 4) is 0 Å². The first-order chi connectivity index (χ1) is 8.08. The standard InChI is InChI=1S/C12H13BrFNO2/c1-8-7-15(4-5-17-8)12(16)10-3-2-9(13)6-11(10)14/h2-3,6,8H,4-5,7H2,1H3/t8-/m0/s1. The summed E-state index contributed by atoms with van der Waals surface area (Å²) < 4.78 is 19.6. The third kappa shape index (κ3) is 2.84. The molecule has 0 N–H and O–H groups in total. The van der Waals surface area contributed by atoms with Crippen LogP contribution in [0.4, 0.5) is 4.39 Å². The van der Waals surface area contributed by atoms with Crippen LogP contribution in [-0.2, 0) is 4.74 Å². The van der Waals surface area contributed by atoms with Gasteiger partial charge in [0.05, 0.1) is 18.3 Å². The maximum Gasteiger partial charge on any atom is 0.256 e. The fraction of sp³-hybridized carbons (Fsp3) is 0.417. The second kappa shape index (κ2) is 5.14. The van der Waals surface area contributed by atoms with Gasteiger partial charge in [-0.3, -0.25) is 4.79 Å². The maximum atomic E-state index is 13.6. The normalized spacial score (nSPS) is 20.4. The van der Waals surface area contributed by atoms with E-state index in [-0.39, 0.29) is 17.6 Å². The average molecular weight is 302 g/mol.